The number of nitrogens with one attached hydrogen (secondary N) is 1. The first-order valence-corrected chi connectivity index (χ1v) is 12.5. The Morgan fingerprint density at radius 1 is 1.13 bits per heavy atom. The zero-order chi connectivity index (χ0) is 21.3. The van der Waals surface area contributed by atoms with Gasteiger partial charge in [0.2, 0.25) is 0 Å². The van der Waals surface area contributed by atoms with Crippen LogP contribution in [0.5, 0.6) is 0 Å². The van der Waals surface area contributed by atoms with Crippen LogP contribution in [0, 0.1) is 17.8 Å². The molecule has 4 rings (SSSR count). The standard InChI is InChI=1S/C25H40N4O2/c30-25(27-9-1-3-21-6-10-26-11-7-21)29(13-2-12-28-15-17-31-18-16-28)14-8-24-20-22-4-5-23(24)19-22/h6-7,10-11,22-24H,1-5,8-9,12-20H2,(H,27,30). The Labute approximate surface area is 187 Å². The molecular weight excluding hydrogens is 388 g/mol. The molecule has 1 aliphatic heterocycles. The molecule has 3 aliphatic rings. The molecule has 172 valence electrons. The van der Waals surface area contributed by atoms with Crippen molar-refractivity contribution in [2.75, 3.05) is 52.5 Å². The smallest absolute Gasteiger partial charge is 0.317 e. The Bertz CT molecular complexity index is 665. The van der Waals surface area contributed by atoms with Crippen LogP contribution >= 0.6 is 0 Å². The number of nitrogens with zero attached hydrogens (tertiary/aromatic N) is 3. The second-order valence-corrected chi connectivity index (χ2v) is 9.71. The minimum atomic E-state index is 0.125. The largest absolute Gasteiger partial charge is 0.379 e. The highest BCUT2D eigenvalue weighted by Gasteiger charge is 2.39. The summed E-state index contributed by atoms with van der Waals surface area (Å²) in [5, 5.41) is 3.19. The number of aromatic nitrogens is 1. The molecule has 1 saturated heterocycles. The third-order valence-electron chi connectivity index (χ3n) is 7.62. The van der Waals surface area contributed by atoms with Crippen LogP contribution in [0.2, 0.25) is 0 Å². The number of urea groups is 1. The highest BCUT2D eigenvalue weighted by Crippen LogP contribution is 2.49. The van der Waals surface area contributed by atoms with Gasteiger partial charge in [-0.3, -0.25) is 9.88 Å². The lowest BCUT2D eigenvalue weighted by Gasteiger charge is -2.30. The fraction of sp³-hybridized carbons (Fsp3) is 0.760. The fourth-order valence-corrected chi connectivity index (χ4v) is 5.83. The molecule has 0 aromatic carbocycles. The summed E-state index contributed by atoms with van der Waals surface area (Å²) in [6.45, 7) is 7.27. The lowest BCUT2D eigenvalue weighted by Crippen LogP contribution is -2.43. The van der Waals surface area contributed by atoms with Crippen molar-refractivity contribution in [3.8, 4) is 0 Å². The van der Waals surface area contributed by atoms with E-state index in [0.717, 1.165) is 89.5 Å². The molecule has 2 bridgehead atoms. The molecule has 6 nitrogen and oxygen atoms in total. The summed E-state index contributed by atoms with van der Waals surface area (Å²) in [6, 6.07) is 4.23. The molecule has 3 atom stereocenters. The summed E-state index contributed by atoms with van der Waals surface area (Å²) >= 11 is 0. The Kier molecular flexibility index (Phi) is 8.59. The second kappa shape index (κ2) is 11.8. The van der Waals surface area contributed by atoms with Gasteiger partial charge in [0.25, 0.3) is 0 Å². The summed E-state index contributed by atoms with van der Waals surface area (Å²) in [7, 11) is 0. The first kappa shape index (κ1) is 22.5. The van der Waals surface area contributed by atoms with Gasteiger partial charge in [-0.05, 0) is 80.4 Å². The van der Waals surface area contributed by atoms with Crippen molar-refractivity contribution in [1.29, 1.82) is 0 Å². The Hall–Kier alpha value is -1.66. The summed E-state index contributed by atoms with van der Waals surface area (Å²) in [5.41, 5.74) is 1.28. The van der Waals surface area contributed by atoms with Crippen molar-refractivity contribution in [1.82, 2.24) is 20.1 Å². The maximum Gasteiger partial charge on any atom is 0.317 e. The summed E-state index contributed by atoms with van der Waals surface area (Å²) in [6.07, 6.45) is 13.6. The van der Waals surface area contributed by atoms with Crippen molar-refractivity contribution >= 4 is 6.03 Å². The lowest BCUT2D eigenvalue weighted by molar-refractivity contribution is 0.0364. The Balaban J connectivity index is 1.20. The van der Waals surface area contributed by atoms with Crippen LogP contribution in [-0.4, -0.2) is 73.3 Å². The van der Waals surface area contributed by atoms with E-state index in [4.69, 9.17) is 4.74 Å². The molecule has 1 N–H and O–H groups in total. The van der Waals surface area contributed by atoms with E-state index in [2.05, 4.69) is 32.2 Å². The van der Waals surface area contributed by atoms with Crippen molar-refractivity contribution in [2.45, 2.75) is 51.4 Å². The average molecular weight is 429 g/mol. The molecule has 0 radical (unpaired) electrons. The van der Waals surface area contributed by atoms with Gasteiger partial charge in [-0.2, -0.15) is 0 Å². The number of morpholine rings is 1. The second-order valence-electron chi connectivity index (χ2n) is 9.71. The molecule has 3 unspecified atom stereocenters. The van der Waals surface area contributed by atoms with E-state index in [-0.39, 0.29) is 6.03 Å². The van der Waals surface area contributed by atoms with E-state index in [1.165, 1.54) is 37.7 Å². The van der Waals surface area contributed by atoms with Crippen molar-refractivity contribution < 1.29 is 9.53 Å². The third kappa shape index (κ3) is 6.91. The molecule has 3 fully saturated rings. The molecular formula is C25H40N4O2. The Morgan fingerprint density at radius 3 is 2.71 bits per heavy atom. The number of ether oxygens (including phenoxy) is 1. The maximum atomic E-state index is 13.0. The molecule has 2 aliphatic carbocycles. The van der Waals surface area contributed by atoms with Gasteiger partial charge in [0.15, 0.2) is 0 Å². The molecule has 0 spiro atoms. The van der Waals surface area contributed by atoms with E-state index < -0.39 is 0 Å². The van der Waals surface area contributed by atoms with Crippen molar-refractivity contribution in [3.05, 3.63) is 30.1 Å². The van der Waals surface area contributed by atoms with E-state index in [1.54, 1.807) is 0 Å². The number of fused-ring (bicyclic) bond motifs is 2. The highest BCUT2D eigenvalue weighted by molar-refractivity contribution is 5.74. The number of carbonyl (C=O) groups is 1. The fourth-order valence-electron chi connectivity index (χ4n) is 5.83. The first-order valence-electron chi connectivity index (χ1n) is 12.5. The highest BCUT2D eigenvalue weighted by atomic mass is 16.5. The molecule has 1 aromatic heterocycles. The number of aryl methyl sites for hydroxylation is 1. The predicted molar refractivity (Wildman–Crippen MR) is 123 cm³/mol. The van der Waals surface area contributed by atoms with Crippen molar-refractivity contribution in [2.24, 2.45) is 17.8 Å². The monoisotopic (exact) mass is 428 g/mol. The van der Waals surface area contributed by atoms with E-state index >= 15 is 0 Å². The lowest BCUT2D eigenvalue weighted by atomic mass is 9.86. The van der Waals surface area contributed by atoms with Gasteiger partial charge in [0.1, 0.15) is 0 Å². The van der Waals surface area contributed by atoms with Gasteiger partial charge in [-0.25, -0.2) is 4.79 Å². The third-order valence-corrected chi connectivity index (χ3v) is 7.62. The van der Waals surface area contributed by atoms with Crippen molar-refractivity contribution in [3.63, 3.8) is 0 Å². The molecule has 2 amide bonds. The summed E-state index contributed by atoms with van der Waals surface area (Å²) in [4.78, 5) is 21.6. The minimum absolute atomic E-state index is 0.125. The number of rotatable bonds is 11. The Morgan fingerprint density at radius 2 is 1.97 bits per heavy atom. The average Bonchev–Trinajstić information content (AvgIpc) is 3.44. The topological polar surface area (TPSA) is 57.7 Å². The maximum absolute atomic E-state index is 13.0. The molecule has 6 heteroatoms. The molecule has 2 heterocycles. The predicted octanol–water partition coefficient (Wildman–Crippen LogP) is 3.57. The zero-order valence-corrected chi connectivity index (χ0v) is 19.0. The number of pyridine rings is 1. The quantitative estimate of drug-likeness (QED) is 0.548. The van der Waals surface area contributed by atoms with Crippen LogP contribution in [0.1, 0.15) is 50.5 Å². The molecule has 2 saturated carbocycles. The van der Waals surface area contributed by atoms with Crippen LogP contribution in [0.25, 0.3) is 0 Å². The first-order chi connectivity index (χ1) is 15.3. The number of amides is 2. The van der Waals surface area contributed by atoms with Gasteiger partial charge in [0.05, 0.1) is 13.2 Å². The normalized spacial score (nSPS) is 25.6. The van der Waals surface area contributed by atoms with Gasteiger partial charge in [0, 0.05) is 51.7 Å². The van der Waals surface area contributed by atoms with Crippen LogP contribution in [0.3, 0.4) is 0 Å². The van der Waals surface area contributed by atoms with Gasteiger partial charge >= 0.3 is 6.03 Å². The SMILES string of the molecule is O=C(NCCCc1ccncc1)N(CCCN1CCOCC1)CCC1CC2CCC1C2. The molecule has 1 aromatic rings. The summed E-state index contributed by atoms with van der Waals surface area (Å²) in [5.74, 6) is 2.76. The number of hydrogen-bond acceptors (Lipinski definition) is 4. The zero-order valence-electron chi connectivity index (χ0n) is 19.0. The van der Waals surface area contributed by atoms with E-state index in [1.807, 2.05) is 12.4 Å². The van der Waals surface area contributed by atoms with Crippen LogP contribution < -0.4 is 5.32 Å². The summed E-state index contributed by atoms with van der Waals surface area (Å²) < 4.78 is 5.45. The van der Waals surface area contributed by atoms with Crippen LogP contribution in [0.4, 0.5) is 4.79 Å². The van der Waals surface area contributed by atoms with E-state index in [9.17, 15) is 4.79 Å². The number of carbonyl (C=O) groups excluding carboxylic acids is 1. The molecule has 31 heavy (non-hydrogen) atoms. The van der Waals surface area contributed by atoms with Crippen LogP contribution in [-0.2, 0) is 11.2 Å². The number of hydrogen-bond donors (Lipinski definition) is 1. The van der Waals surface area contributed by atoms with E-state index in [0.29, 0.717) is 0 Å². The minimum Gasteiger partial charge on any atom is -0.379 e. The van der Waals surface area contributed by atoms with Gasteiger partial charge < -0.3 is 15.0 Å². The van der Waals surface area contributed by atoms with Gasteiger partial charge in [-0.15, -0.1) is 0 Å². The van der Waals surface area contributed by atoms with Gasteiger partial charge in [-0.1, -0.05) is 6.42 Å². The van der Waals surface area contributed by atoms with Crippen LogP contribution in [0.15, 0.2) is 24.5 Å².